The van der Waals surface area contributed by atoms with Crippen LogP contribution in [0.15, 0.2) is 11.1 Å². The first-order chi connectivity index (χ1) is 7.45. The third-order valence-electron chi connectivity index (χ3n) is 2.44. The number of halogens is 1. The number of hydrogen-bond donors (Lipinski definition) is 1. The Kier molecular flexibility index (Phi) is 4.12. The minimum Gasteiger partial charge on any atom is -0.481 e. The number of aryl methyl sites for hydroxylation is 1. The van der Waals surface area contributed by atoms with Gasteiger partial charge in [-0.1, -0.05) is 11.6 Å². The number of allylic oxidation sites excluding steroid dienone is 1. The molecule has 4 nitrogen and oxygen atoms in total. The van der Waals surface area contributed by atoms with Crippen molar-refractivity contribution in [2.45, 2.75) is 33.7 Å². The Morgan fingerprint density at radius 3 is 2.69 bits per heavy atom. The Morgan fingerprint density at radius 2 is 2.19 bits per heavy atom. The lowest BCUT2D eigenvalue weighted by Crippen LogP contribution is -2.05. The van der Waals surface area contributed by atoms with E-state index in [0.717, 1.165) is 22.5 Å². The lowest BCUT2D eigenvalue weighted by molar-refractivity contribution is -0.136. The Bertz CT molecular complexity index is 435. The zero-order valence-corrected chi connectivity index (χ0v) is 10.4. The van der Waals surface area contributed by atoms with Crippen LogP contribution >= 0.6 is 11.6 Å². The Balaban J connectivity index is 3.01. The molecule has 88 valence electrons. The van der Waals surface area contributed by atoms with Gasteiger partial charge in [0.25, 0.3) is 0 Å². The van der Waals surface area contributed by atoms with Gasteiger partial charge in [0.1, 0.15) is 0 Å². The van der Waals surface area contributed by atoms with Gasteiger partial charge in [0.15, 0.2) is 0 Å². The largest absolute Gasteiger partial charge is 0.481 e. The van der Waals surface area contributed by atoms with E-state index in [1.807, 2.05) is 20.8 Å². The van der Waals surface area contributed by atoms with Crippen molar-refractivity contribution in [3.05, 3.63) is 28.1 Å². The van der Waals surface area contributed by atoms with Gasteiger partial charge < -0.3 is 5.11 Å². The third kappa shape index (κ3) is 2.85. The second-order valence-electron chi connectivity index (χ2n) is 3.83. The van der Waals surface area contributed by atoms with Crippen molar-refractivity contribution < 1.29 is 9.90 Å². The van der Waals surface area contributed by atoms with E-state index < -0.39 is 5.97 Å². The van der Waals surface area contributed by atoms with Gasteiger partial charge in [0, 0.05) is 16.8 Å². The molecule has 0 radical (unpaired) electrons. The highest BCUT2D eigenvalue weighted by atomic mass is 35.5. The van der Waals surface area contributed by atoms with Crippen LogP contribution in [0.25, 0.3) is 0 Å². The fraction of sp³-hybridized carbons (Fsp3) is 0.455. The van der Waals surface area contributed by atoms with E-state index in [4.69, 9.17) is 16.7 Å². The van der Waals surface area contributed by atoms with Crippen molar-refractivity contribution in [3.63, 3.8) is 0 Å². The molecule has 0 amide bonds. The van der Waals surface area contributed by atoms with Crippen molar-refractivity contribution in [1.82, 2.24) is 9.78 Å². The summed E-state index contributed by atoms with van der Waals surface area (Å²) in [6.07, 6.45) is 0.0152. The standard InChI is InChI=1S/C11H15ClN2O2/c1-7(5-12)6-14-9(3)10(4-11(15)16)8(2)13-14/h5H,4,6H2,1-3H3,(H,15,16). The van der Waals surface area contributed by atoms with Gasteiger partial charge in [0.05, 0.1) is 18.7 Å². The molecule has 5 heteroatoms. The maximum atomic E-state index is 10.7. The van der Waals surface area contributed by atoms with E-state index in [2.05, 4.69) is 5.10 Å². The van der Waals surface area contributed by atoms with Gasteiger partial charge in [0.2, 0.25) is 0 Å². The molecule has 16 heavy (non-hydrogen) atoms. The molecule has 1 aromatic heterocycles. The number of carbonyl (C=O) groups is 1. The van der Waals surface area contributed by atoms with Crippen molar-refractivity contribution in [1.29, 1.82) is 0 Å². The SMILES string of the molecule is CC(=CCl)Cn1nc(C)c(CC(=O)O)c1C. The maximum Gasteiger partial charge on any atom is 0.307 e. The van der Waals surface area contributed by atoms with E-state index >= 15 is 0 Å². The summed E-state index contributed by atoms with van der Waals surface area (Å²) in [5.74, 6) is -0.838. The molecule has 0 spiro atoms. The average Bonchev–Trinajstić information content (AvgIpc) is 2.45. The quantitative estimate of drug-likeness (QED) is 0.881. The summed E-state index contributed by atoms with van der Waals surface area (Å²) in [7, 11) is 0. The zero-order chi connectivity index (χ0) is 12.3. The molecule has 0 unspecified atom stereocenters. The van der Waals surface area contributed by atoms with E-state index in [1.165, 1.54) is 5.54 Å². The number of aliphatic carboxylic acids is 1. The predicted octanol–water partition coefficient (Wildman–Crippen LogP) is 2.27. The first-order valence-corrected chi connectivity index (χ1v) is 5.40. The molecule has 0 saturated heterocycles. The van der Waals surface area contributed by atoms with Crippen LogP contribution in [0.5, 0.6) is 0 Å². The fourth-order valence-electron chi connectivity index (χ4n) is 1.57. The zero-order valence-electron chi connectivity index (χ0n) is 9.62. The van der Waals surface area contributed by atoms with Crippen LogP contribution in [0.3, 0.4) is 0 Å². The molecule has 1 aromatic rings. The first-order valence-electron chi connectivity index (χ1n) is 4.96. The number of aromatic nitrogens is 2. The summed E-state index contributed by atoms with van der Waals surface area (Å²) < 4.78 is 1.78. The number of rotatable bonds is 4. The number of carboxylic acid groups (broad SMARTS) is 1. The van der Waals surface area contributed by atoms with Gasteiger partial charge in [-0.3, -0.25) is 9.48 Å². The Labute approximate surface area is 99.5 Å². The van der Waals surface area contributed by atoms with E-state index in [-0.39, 0.29) is 6.42 Å². The molecule has 0 aliphatic rings. The van der Waals surface area contributed by atoms with Gasteiger partial charge in [-0.15, -0.1) is 0 Å². The molecule has 0 atom stereocenters. The summed E-state index contributed by atoms with van der Waals surface area (Å²) in [6, 6.07) is 0. The molecule has 1 rings (SSSR count). The molecular formula is C11H15ClN2O2. The predicted molar refractivity (Wildman–Crippen MR) is 62.7 cm³/mol. The van der Waals surface area contributed by atoms with Gasteiger partial charge in [-0.25, -0.2) is 0 Å². The number of carboxylic acids is 1. The Hall–Kier alpha value is -1.29. The Morgan fingerprint density at radius 1 is 1.56 bits per heavy atom. The molecule has 1 heterocycles. The van der Waals surface area contributed by atoms with E-state index in [9.17, 15) is 4.79 Å². The lowest BCUT2D eigenvalue weighted by atomic mass is 10.1. The molecule has 0 bridgehead atoms. The monoisotopic (exact) mass is 242 g/mol. The molecule has 1 N–H and O–H groups in total. The van der Waals surface area contributed by atoms with Crippen LogP contribution in [-0.2, 0) is 17.8 Å². The highest BCUT2D eigenvalue weighted by Crippen LogP contribution is 2.15. The molecule has 0 aromatic carbocycles. The second-order valence-corrected chi connectivity index (χ2v) is 4.05. The molecule has 0 aliphatic heterocycles. The topological polar surface area (TPSA) is 55.1 Å². The number of nitrogens with zero attached hydrogens (tertiary/aromatic N) is 2. The summed E-state index contributed by atoms with van der Waals surface area (Å²) in [4.78, 5) is 10.7. The minimum absolute atomic E-state index is 0.0152. The normalized spacial score (nSPS) is 11.9. The van der Waals surface area contributed by atoms with Crippen LogP contribution in [0, 0.1) is 13.8 Å². The van der Waals surface area contributed by atoms with Crippen LogP contribution in [0.2, 0.25) is 0 Å². The smallest absolute Gasteiger partial charge is 0.307 e. The van der Waals surface area contributed by atoms with Gasteiger partial charge in [-0.2, -0.15) is 5.10 Å². The number of hydrogen-bond acceptors (Lipinski definition) is 2. The van der Waals surface area contributed by atoms with Crippen LogP contribution in [0.4, 0.5) is 0 Å². The highest BCUT2D eigenvalue weighted by molar-refractivity contribution is 6.25. The van der Waals surface area contributed by atoms with Crippen molar-refractivity contribution in [2.24, 2.45) is 0 Å². The van der Waals surface area contributed by atoms with Crippen LogP contribution in [0.1, 0.15) is 23.9 Å². The first kappa shape index (κ1) is 12.8. The van der Waals surface area contributed by atoms with E-state index in [1.54, 1.807) is 4.68 Å². The second kappa shape index (κ2) is 5.16. The van der Waals surface area contributed by atoms with Crippen molar-refractivity contribution in [3.8, 4) is 0 Å². The van der Waals surface area contributed by atoms with Crippen molar-refractivity contribution >= 4 is 17.6 Å². The van der Waals surface area contributed by atoms with E-state index in [0.29, 0.717) is 6.54 Å². The summed E-state index contributed by atoms with van der Waals surface area (Å²) >= 11 is 5.59. The summed E-state index contributed by atoms with van der Waals surface area (Å²) in [6.45, 7) is 6.19. The maximum absolute atomic E-state index is 10.7. The van der Waals surface area contributed by atoms with Gasteiger partial charge in [-0.05, 0) is 26.3 Å². The molecular weight excluding hydrogens is 228 g/mol. The average molecular weight is 243 g/mol. The van der Waals surface area contributed by atoms with Crippen LogP contribution in [-0.4, -0.2) is 20.9 Å². The molecule has 0 aliphatic carbocycles. The lowest BCUT2D eigenvalue weighted by Gasteiger charge is -2.04. The van der Waals surface area contributed by atoms with Crippen molar-refractivity contribution in [2.75, 3.05) is 0 Å². The third-order valence-corrected chi connectivity index (χ3v) is 2.82. The molecule has 0 saturated carbocycles. The molecule has 0 fully saturated rings. The summed E-state index contributed by atoms with van der Waals surface area (Å²) in [5, 5.41) is 13.1. The fourth-order valence-corrected chi connectivity index (χ4v) is 1.63. The van der Waals surface area contributed by atoms with Gasteiger partial charge >= 0.3 is 5.97 Å². The highest BCUT2D eigenvalue weighted by Gasteiger charge is 2.14. The summed E-state index contributed by atoms with van der Waals surface area (Å²) in [5.41, 5.74) is 4.93. The van der Waals surface area contributed by atoms with Crippen LogP contribution < -0.4 is 0 Å². The minimum atomic E-state index is -0.838.